The third kappa shape index (κ3) is 4.83. The van der Waals surface area contributed by atoms with Gasteiger partial charge in [-0.15, -0.1) is 11.7 Å². The van der Waals surface area contributed by atoms with Crippen LogP contribution in [0.25, 0.3) is 0 Å². The first-order valence-corrected chi connectivity index (χ1v) is 8.44. The van der Waals surface area contributed by atoms with Gasteiger partial charge in [0.25, 0.3) is 0 Å². The highest BCUT2D eigenvalue weighted by molar-refractivity contribution is 8.69. The van der Waals surface area contributed by atoms with Gasteiger partial charge >= 0.3 is 6.03 Å². The Labute approximate surface area is 128 Å². The topological polar surface area (TPSA) is 67.9 Å². The van der Waals surface area contributed by atoms with Crippen LogP contribution in [-0.4, -0.2) is 67.5 Å². The lowest BCUT2D eigenvalue weighted by atomic mass is 10.1. The van der Waals surface area contributed by atoms with E-state index in [9.17, 15) is 9.59 Å². The van der Waals surface area contributed by atoms with E-state index in [0.29, 0.717) is 26.3 Å². The van der Waals surface area contributed by atoms with Gasteiger partial charge in [-0.25, -0.2) is 4.79 Å². The van der Waals surface area contributed by atoms with E-state index in [1.54, 1.807) is 18.7 Å². The summed E-state index contributed by atoms with van der Waals surface area (Å²) in [6.45, 7) is 5.63. The summed E-state index contributed by atoms with van der Waals surface area (Å²) in [5.74, 6) is -0.0963. The molecule has 1 N–H and O–H groups in total. The minimum Gasteiger partial charge on any atom is -0.379 e. The summed E-state index contributed by atoms with van der Waals surface area (Å²) in [5, 5.41) is 2.45. The largest absolute Gasteiger partial charge is 0.379 e. The van der Waals surface area contributed by atoms with Crippen LogP contribution in [0.1, 0.15) is 13.8 Å². The molecule has 1 aliphatic heterocycles. The van der Waals surface area contributed by atoms with Crippen molar-refractivity contribution in [1.82, 2.24) is 10.2 Å². The first kappa shape index (κ1) is 17.6. The molecule has 0 aromatic heterocycles. The predicted octanol–water partition coefficient (Wildman–Crippen LogP) is 0.967. The third-order valence-electron chi connectivity index (χ3n) is 3.28. The van der Waals surface area contributed by atoms with Crippen molar-refractivity contribution in [1.29, 1.82) is 0 Å². The van der Waals surface area contributed by atoms with Crippen LogP contribution in [0.2, 0.25) is 0 Å². The smallest absolute Gasteiger partial charge is 0.318 e. The lowest BCUT2D eigenvalue weighted by molar-refractivity contribution is -0.123. The first-order valence-electron chi connectivity index (χ1n) is 6.51. The number of Topliss-reactive ketones (excluding diaryl/α,β-unsaturated/α-hetero) is 1. The molecule has 1 saturated heterocycles. The maximum Gasteiger partial charge on any atom is 0.318 e. The summed E-state index contributed by atoms with van der Waals surface area (Å²) < 4.78 is 10.4. The number of morpholine rings is 1. The van der Waals surface area contributed by atoms with Gasteiger partial charge < -0.3 is 19.7 Å². The summed E-state index contributed by atoms with van der Waals surface area (Å²) >= 11 is 4.05. The maximum atomic E-state index is 12.3. The van der Waals surface area contributed by atoms with E-state index < -0.39 is 12.1 Å². The van der Waals surface area contributed by atoms with Crippen molar-refractivity contribution in [2.24, 2.45) is 0 Å². The van der Waals surface area contributed by atoms with Gasteiger partial charge in [-0.3, -0.25) is 4.79 Å². The lowest BCUT2D eigenvalue weighted by Gasteiger charge is -2.31. The Morgan fingerprint density at radius 2 is 1.95 bits per heavy atom. The van der Waals surface area contributed by atoms with Crippen LogP contribution in [0.3, 0.4) is 0 Å². The normalized spacial score (nSPS) is 20.1. The fourth-order valence-corrected chi connectivity index (χ4v) is 2.41. The second-order valence-corrected chi connectivity index (χ2v) is 6.17. The van der Waals surface area contributed by atoms with Crippen LogP contribution in [0.15, 0.2) is 0 Å². The van der Waals surface area contributed by atoms with Gasteiger partial charge in [0.15, 0.2) is 5.78 Å². The zero-order valence-corrected chi connectivity index (χ0v) is 13.7. The minimum absolute atomic E-state index is 0.0963. The Hall–Kier alpha value is -0.440. The molecule has 20 heavy (non-hydrogen) atoms. The number of hydrogen-bond acceptors (Lipinski definition) is 6. The Bertz CT molecular complexity index is 337. The van der Waals surface area contributed by atoms with E-state index in [-0.39, 0.29) is 17.1 Å². The molecule has 6 nitrogen and oxygen atoms in total. The average molecular weight is 322 g/mol. The molecule has 0 radical (unpaired) electrons. The molecule has 1 rings (SSSR count). The van der Waals surface area contributed by atoms with Crippen molar-refractivity contribution in [2.45, 2.75) is 31.2 Å². The fraction of sp³-hybridized carbons (Fsp3) is 0.833. The summed E-state index contributed by atoms with van der Waals surface area (Å²) in [4.78, 5) is 26.1. The number of ether oxygens (including phenoxy) is 2. The summed E-state index contributed by atoms with van der Waals surface area (Å²) in [5.41, 5.74) is 0. The highest BCUT2D eigenvalue weighted by Crippen LogP contribution is 2.18. The molecule has 1 fully saturated rings. The van der Waals surface area contributed by atoms with Crippen molar-refractivity contribution in [3.8, 4) is 0 Å². The molecular weight excluding hydrogens is 300 g/mol. The predicted molar refractivity (Wildman–Crippen MR) is 82.2 cm³/mol. The molecule has 8 heteroatoms. The van der Waals surface area contributed by atoms with Gasteiger partial charge in [-0.05, 0) is 13.8 Å². The molecule has 116 valence electrons. The second-order valence-electron chi connectivity index (χ2n) is 4.62. The first-order chi connectivity index (χ1) is 9.51. The van der Waals surface area contributed by atoms with Gasteiger partial charge in [0, 0.05) is 20.2 Å². The van der Waals surface area contributed by atoms with E-state index in [2.05, 4.69) is 17.0 Å². The van der Waals surface area contributed by atoms with Crippen LogP contribution < -0.4 is 5.32 Å². The lowest BCUT2D eigenvalue weighted by Crippen LogP contribution is -2.56. The van der Waals surface area contributed by atoms with Crippen molar-refractivity contribution < 1.29 is 19.1 Å². The molecule has 0 aliphatic carbocycles. The number of amides is 2. The number of nitrogens with zero attached hydrogens (tertiary/aromatic N) is 1. The molecule has 0 bridgehead atoms. The zero-order valence-electron chi connectivity index (χ0n) is 12.0. The Morgan fingerprint density at radius 1 is 1.35 bits per heavy atom. The van der Waals surface area contributed by atoms with Crippen molar-refractivity contribution >= 4 is 34.3 Å². The molecule has 0 saturated carbocycles. The van der Waals surface area contributed by atoms with Gasteiger partial charge in [-0.2, -0.15) is 0 Å². The standard InChI is InChI=1S/C12H22N2O4S2/c1-8(17-3)10(11(15)9(2)20-19)13-12(16)14-4-6-18-7-5-14/h8-10,19H,4-7H2,1-3H3,(H,13,16)/t8-,9?,10+/m1/s1. The van der Waals surface area contributed by atoms with Crippen molar-refractivity contribution in [3.05, 3.63) is 0 Å². The summed E-state index contributed by atoms with van der Waals surface area (Å²) in [7, 11) is 2.67. The molecule has 3 atom stereocenters. The number of thiol groups is 1. The molecule has 1 heterocycles. The summed E-state index contributed by atoms with van der Waals surface area (Å²) in [6, 6.07) is -0.933. The zero-order chi connectivity index (χ0) is 15.1. The Balaban J connectivity index is 2.68. The Morgan fingerprint density at radius 3 is 2.45 bits per heavy atom. The molecule has 2 amide bonds. The second kappa shape index (κ2) is 8.76. The van der Waals surface area contributed by atoms with Gasteiger partial charge in [0.2, 0.25) is 0 Å². The van der Waals surface area contributed by atoms with Crippen molar-refractivity contribution in [2.75, 3.05) is 33.4 Å². The number of rotatable bonds is 6. The fourth-order valence-electron chi connectivity index (χ4n) is 1.85. The highest BCUT2D eigenvalue weighted by atomic mass is 33.1. The van der Waals surface area contributed by atoms with E-state index in [1.807, 2.05) is 0 Å². The quantitative estimate of drug-likeness (QED) is 0.563. The molecule has 1 aliphatic rings. The Kier molecular flexibility index (Phi) is 7.71. The summed E-state index contributed by atoms with van der Waals surface area (Å²) in [6.07, 6.45) is -0.393. The molecule has 0 aromatic rings. The number of carbonyl (C=O) groups is 2. The monoisotopic (exact) mass is 322 g/mol. The van der Waals surface area contributed by atoms with E-state index >= 15 is 0 Å². The van der Waals surface area contributed by atoms with Crippen LogP contribution in [0.4, 0.5) is 4.79 Å². The van der Waals surface area contributed by atoms with Gasteiger partial charge in [0.1, 0.15) is 6.04 Å². The molecule has 0 spiro atoms. The van der Waals surface area contributed by atoms with Crippen LogP contribution in [0, 0.1) is 0 Å². The van der Waals surface area contributed by atoms with Crippen LogP contribution in [-0.2, 0) is 14.3 Å². The maximum absolute atomic E-state index is 12.3. The van der Waals surface area contributed by atoms with Gasteiger partial charge in [0.05, 0.1) is 24.6 Å². The number of ketones is 1. The van der Waals surface area contributed by atoms with E-state index in [0.717, 1.165) is 10.8 Å². The SMILES string of the molecule is CO[C@H](C)[C@H](NC(=O)N1CCOCC1)C(=O)C(C)SS. The van der Waals surface area contributed by atoms with E-state index in [4.69, 9.17) is 9.47 Å². The van der Waals surface area contributed by atoms with E-state index in [1.165, 1.54) is 7.11 Å². The van der Waals surface area contributed by atoms with Crippen LogP contribution >= 0.6 is 22.5 Å². The average Bonchev–Trinajstić information content (AvgIpc) is 2.50. The number of nitrogens with one attached hydrogen (secondary N) is 1. The highest BCUT2D eigenvalue weighted by Gasteiger charge is 2.32. The number of hydrogen-bond donors (Lipinski definition) is 2. The van der Waals surface area contributed by atoms with Crippen molar-refractivity contribution in [3.63, 3.8) is 0 Å². The molecule has 0 aromatic carbocycles. The van der Waals surface area contributed by atoms with Crippen LogP contribution in [0.5, 0.6) is 0 Å². The minimum atomic E-state index is -0.676. The number of methoxy groups -OCH3 is 1. The number of carbonyl (C=O) groups excluding carboxylic acids is 2. The number of urea groups is 1. The van der Waals surface area contributed by atoms with Gasteiger partial charge in [-0.1, -0.05) is 10.8 Å². The molecule has 1 unspecified atom stereocenters. The molecular formula is C12H22N2O4S2. The third-order valence-corrected chi connectivity index (χ3v) is 4.78.